The Labute approximate surface area is 187 Å². The molecule has 0 aliphatic heterocycles. The molecule has 0 heterocycles. The Morgan fingerprint density at radius 3 is 1.50 bits per heavy atom. The summed E-state index contributed by atoms with van der Waals surface area (Å²) in [6.45, 7) is 0. The first-order valence-electron chi connectivity index (χ1n) is 11.2. The van der Waals surface area contributed by atoms with Crippen molar-refractivity contribution in [2.75, 3.05) is 0 Å². The van der Waals surface area contributed by atoms with E-state index in [0.29, 0.717) is 0 Å². The van der Waals surface area contributed by atoms with Crippen molar-refractivity contribution >= 4 is 34.0 Å². The molecule has 1 fully saturated rings. The minimum absolute atomic E-state index is 0.0634. The summed E-state index contributed by atoms with van der Waals surface area (Å²) in [7, 11) is 0. The van der Waals surface area contributed by atoms with Crippen molar-refractivity contribution in [3.63, 3.8) is 0 Å². The molecule has 0 unspecified atom stereocenters. The number of benzene rings is 4. The van der Waals surface area contributed by atoms with Gasteiger partial charge in [-0.25, -0.2) is 0 Å². The molecular weight excluding hydrogens is 396 g/mol. The minimum Gasteiger partial charge on any atom is -0.507 e. The molecule has 5 rings (SSSR count). The zero-order valence-electron chi connectivity index (χ0n) is 17.9. The second-order valence-corrected chi connectivity index (χ2v) is 8.42. The van der Waals surface area contributed by atoms with Crippen LogP contribution in [0.15, 0.2) is 82.8 Å². The Kier molecular flexibility index (Phi) is 5.59. The summed E-state index contributed by atoms with van der Waals surface area (Å²) in [6.07, 6.45) is 7.76. The van der Waals surface area contributed by atoms with Gasteiger partial charge in [0.05, 0.1) is 12.1 Å². The highest BCUT2D eigenvalue weighted by Crippen LogP contribution is 2.30. The van der Waals surface area contributed by atoms with Crippen LogP contribution < -0.4 is 0 Å². The average Bonchev–Trinajstić information content (AvgIpc) is 2.84. The maximum absolute atomic E-state index is 10.7. The van der Waals surface area contributed by atoms with E-state index >= 15 is 0 Å². The van der Waals surface area contributed by atoms with Gasteiger partial charge in [-0.2, -0.15) is 0 Å². The number of hydrogen-bond donors (Lipinski definition) is 2. The monoisotopic (exact) mass is 422 g/mol. The fourth-order valence-electron chi connectivity index (χ4n) is 4.54. The smallest absolute Gasteiger partial charge is 0.132 e. The summed E-state index contributed by atoms with van der Waals surface area (Å²) >= 11 is 0. The van der Waals surface area contributed by atoms with Crippen LogP contribution in [0.25, 0.3) is 21.5 Å². The van der Waals surface area contributed by atoms with E-state index in [2.05, 4.69) is 0 Å². The number of phenols is 2. The minimum atomic E-state index is 0.0634. The highest BCUT2D eigenvalue weighted by Gasteiger charge is 2.23. The molecule has 4 heteroatoms. The summed E-state index contributed by atoms with van der Waals surface area (Å²) in [6, 6.07) is 23.6. The van der Waals surface area contributed by atoms with Crippen molar-refractivity contribution in [3.05, 3.63) is 83.9 Å². The van der Waals surface area contributed by atoms with E-state index in [1.165, 1.54) is 0 Å². The molecule has 1 aliphatic carbocycles. The van der Waals surface area contributed by atoms with Gasteiger partial charge >= 0.3 is 0 Å². The first-order chi connectivity index (χ1) is 15.7. The summed E-state index contributed by atoms with van der Waals surface area (Å²) < 4.78 is 0. The van der Waals surface area contributed by atoms with Gasteiger partial charge in [0, 0.05) is 34.3 Å². The quantitative estimate of drug-likeness (QED) is 0.382. The molecule has 1 aliphatic rings. The number of aromatic hydroxyl groups is 2. The van der Waals surface area contributed by atoms with Crippen LogP contribution >= 0.6 is 0 Å². The third kappa shape index (κ3) is 3.96. The standard InChI is InChI=1S/C28H26N2O2/c31-27-21(15-13-19-7-1-3-9-23(19)27)17-29-25-11-5-6-12-26(25)30-18-22-16-14-20-8-2-4-10-24(20)28(22)32/h1-4,7-10,13-18,25-26,31-32H,5-6,11-12H2/t25-,26-/m1/s1. The van der Waals surface area contributed by atoms with E-state index in [-0.39, 0.29) is 23.6 Å². The van der Waals surface area contributed by atoms with E-state index in [1.54, 1.807) is 12.4 Å². The van der Waals surface area contributed by atoms with Gasteiger partial charge in [0.1, 0.15) is 11.5 Å². The largest absolute Gasteiger partial charge is 0.507 e. The molecule has 4 aromatic rings. The molecule has 2 atom stereocenters. The van der Waals surface area contributed by atoms with Gasteiger partial charge in [0.15, 0.2) is 0 Å². The van der Waals surface area contributed by atoms with E-state index < -0.39 is 0 Å². The van der Waals surface area contributed by atoms with Crippen molar-refractivity contribution in [1.29, 1.82) is 0 Å². The number of nitrogens with zero attached hydrogens (tertiary/aromatic N) is 2. The Morgan fingerprint density at radius 1 is 0.594 bits per heavy atom. The molecule has 32 heavy (non-hydrogen) atoms. The van der Waals surface area contributed by atoms with E-state index in [9.17, 15) is 10.2 Å². The fourth-order valence-corrected chi connectivity index (χ4v) is 4.54. The van der Waals surface area contributed by atoms with Gasteiger partial charge in [-0.15, -0.1) is 0 Å². The number of aliphatic imine (C=N–C) groups is 2. The molecule has 0 aromatic heterocycles. The van der Waals surface area contributed by atoms with Crippen molar-refractivity contribution in [1.82, 2.24) is 0 Å². The Bertz CT molecular complexity index is 1220. The average molecular weight is 423 g/mol. The highest BCUT2D eigenvalue weighted by atomic mass is 16.3. The second-order valence-electron chi connectivity index (χ2n) is 8.42. The maximum atomic E-state index is 10.7. The highest BCUT2D eigenvalue weighted by molar-refractivity contribution is 5.98. The normalized spacial score (nSPS) is 19.4. The van der Waals surface area contributed by atoms with Crippen LogP contribution in [0.2, 0.25) is 0 Å². The predicted molar refractivity (Wildman–Crippen MR) is 132 cm³/mol. The molecular formula is C28H26N2O2. The topological polar surface area (TPSA) is 65.2 Å². The molecule has 0 amide bonds. The van der Waals surface area contributed by atoms with Crippen molar-refractivity contribution in [2.45, 2.75) is 37.8 Å². The fraction of sp³-hybridized carbons (Fsp3) is 0.214. The first kappa shape index (κ1) is 20.3. The molecule has 0 saturated heterocycles. The SMILES string of the molecule is Oc1c(C=N[C@@H]2CCCC[C@H]2N=Cc2ccc3ccccc3c2O)ccc2ccccc12. The van der Waals surface area contributed by atoms with Gasteiger partial charge in [0.2, 0.25) is 0 Å². The van der Waals surface area contributed by atoms with Crippen LogP contribution in [-0.4, -0.2) is 34.7 Å². The third-order valence-corrected chi connectivity index (χ3v) is 6.37. The lowest BCUT2D eigenvalue weighted by atomic mass is 9.91. The maximum Gasteiger partial charge on any atom is 0.132 e. The Balaban J connectivity index is 1.39. The molecule has 2 N–H and O–H groups in total. The summed E-state index contributed by atoms with van der Waals surface area (Å²) in [5.41, 5.74) is 1.45. The van der Waals surface area contributed by atoms with Crippen LogP contribution in [-0.2, 0) is 0 Å². The van der Waals surface area contributed by atoms with Crippen molar-refractivity contribution < 1.29 is 10.2 Å². The van der Waals surface area contributed by atoms with E-state index in [1.807, 2.05) is 72.8 Å². The Hall–Kier alpha value is -3.66. The summed E-state index contributed by atoms with van der Waals surface area (Å²) in [4.78, 5) is 9.65. The predicted octanol–water partition coefficient (Wildman–Crippen LogP) is 6.25. The van der Waals surface area contributed by atoms with Gasteiger partial charge in [0.25, 0.3) is 0 Å². The van der Waals surface area contributed by atoms with Gasteiger partial charge in [-0.1, -0.05) is 73.5 Å². The lowest BCUT2D eigenvalue weighted by Gasteiger charge is -2.25. The van der Waals surface area contributed by atoms with Crippen LogP contribution in [0.4, 0.5) is 0 Å². The number of phenolic OH excluding ortho intramolecular Hbond substituents is 2. The number of hydrogen-bond acceptors (Lipinski definition) is 4. The molecule has 0 radical (unpaired) electrons. The van der Waals surface area contributed by atoms with Crippen LogP contribution in [0, 0.1) is 0 Å². The Morgan fingerprint density at radius 2 is 1.03 bits per heavy atom. The zero-order chi connectivity index (χ0) is 21.9. The lowest BCUT2D eigenvalue weighted by molar-refractivity contribution is 0.390. The van der Waals surface area contributed by atoms with E-state index in [4.69, 9.17) is 9.98 Å². The van der Waals surface area contributed by atoms with Crippen molar-refractivity contribution in [3.8, 4) is 11.5 Å². The van der Waals surface area contributed by atoms with Gasteiger partial charge in [-0.3, -0.25) is 9.98 Å². The molecule has 0 bridgehead atoms. The van der Waals surface area contributed by atoms with Crippen LogP contribution in [0.5, 0.6) is 11.5 Å². The number of rotatable bonds is 4. The first-order valence-corrected chi connectivity index (χ1v) is 11.2. The summed E-state index contributed by atoms with van der Waals surface area (Å²) in [5.74, 6) is 0.535. The molecule has 4 nitrogen and oxygen atoms in total. The third-order valence-electron chi connectivity index (χ3n) is 6.37. The zero-order valence-corrected chi connectivity index (χ0v) is 17.9. The molecule has 1 saturated carbocycles. The van der Waals surface area contributed by atoms with Crippen molar-refractivity contribution in [2.24, 2.45) is 9.98 Å². The van der Waals surface area contributed by atoms with Gasteiger partial charge in [-0.05, 0) is 35.7 Å². The van der Waals surface area contributed by atoms with Gasteiger partial charge < -0.3 is 10.2 Å². The second kappa shape index (κ2) is 8.83. The summed E-state index contributed by atoms with van der Waals surface area (Å²) in [5, 5.41) is 25.0. The van der Waals surface area contributed by atoms with E-state index in [0.717, 1.165) is 58.4 Å². The number of fused-ring (bicyclic) bond motifs is 2. The molecule has 160 valence electrons. The van der Waals surface area contributed by atoms with Crippen LogP contribution in [0.3, 0.4) is 0 Å². The molecule has 4 aromatic carbocycles. The van der Waals surface area contributed by atoms with Crippen LogP contribution in [0.1, 0.15) is 36.8 Å². The lowest BCUT2D eigenvalue weighted by Crippen LogP contribution is -2.27. The molecule has 0 spiro atoms.